The Kier molecular flexibility index (Phi) is 10.00. The summed E-state index contributed by atoms with van der Waals surface area (Å²) in [5.41, 5.74) is 4.68. The van der Waals surface area contributed by atoms with E-state index in [-0.39, 0.29) is 17.4 Å². The van der Waals surface area contributed by atoms with Crippen molar-refractivity contribution in [2.75, 3.05) is 11.1 Å². The summed E-state index contributed by atoms with van der Waals surface area (Å²) in [6.07, 6.45) is 1.66. The number of carbonyl (C=O) groups is 3. The van der Waals surface area contributed by atoms with Gasteiger partial charge < -0.3 is 10.6 Å². The van der Waals surface area contributed by atoms with Gasteiger partial charge in [-0.25, -0.2) is 0 Å². The number of nitrogens with one attached hydrogen (secondary N) is 2. The molecule has 5 aromatic rings. The van der Waals surface area contributed by atoms with Crippen molar-refractivity contribution in [3.8, 4) is 11.1 Å². The molecule has 0 saturated carbocycles. The average Bonchev–Trinajstić information content (AvgIpc) is 3.05. The van der Waals surface area contributed by atoms with Crippen LogP contribution in [0.15, 0.2) is 149 Å². The van der Waals surface area contributed by atoms with Gasteiger partial charge in [0.25, 0.3) is 11.8 Å². The van der Waals surface area contributed by atoms with Gasteiger partial charge in [-0.1, -0.05) is 101 Å². The number of Topliss-reactive ketones (excluding diaryl/α,β-unsaturated/α-hetero) is 1. The maximum Gasteiger partial charge on any atom is 0.272 e. The molecule has 212 valence electrons. The normalized spacial score (nSPS) is 11.0. The van der Waals surface area contributed by atoms with E-state index < -0.39 is 5.91 Å². The lowest BCUT2D eigenvalue weighted by atomic mass is 10.0. The quantitative estimate of drug-likeness (QED) is 0.0906. The molecule has 0 saturated heterocycles. The molecule has 0 heterocycles. The zero-order valence-electron chi connectivity index (χ0n) is 23.0. The number of amides is 2. The smallest absolute Gasteiger partial charge is 0.272 e. The molecule has 0 aliphatic heterocycles. The van der Waals surface area contributed by atoms with E-state index in [0.29, 0.717) is 22.6 Å². The molecule has 2 amide bonds. The fourth-order valence-corrected chi connectivity index (χ4v) is 5.27. The van der Waals surface area contributed by atoms with Crippen LogP contribution in [0.3, 0.4) is 0 Å². The standard InChI is InChI=1S/C36H27BrN2O3S/c37-30-17-15-28(16-18-30)34(40)24-43-32-21-19-31(20-22-32)38-36(42)33(39-35(41)29-9-5-2-6-10-29)23-25-11-13-27(14-12-25)26-7-3-1-4-8-26/h1-23H,24H2,(H,38,42)(H,39,41)/b33-23-. The molecule has 0 spiro atoms. The first-order valence-corrected chi connectivity index (χ1v) is 15.3. The summed E-state index contributed by atoms with van der Waals surface area (Å²) in [4.78, 5) is 39.8. The summed E-state index contributed by atoms with van der Waals surface area (Å²) in [5.74, 6) is -0.502. The van der Waals surface area contributed by atoms with Crippen molar-refractivity contribution in [1.82, 2.24) is 5.32 Å². The highest BCUT2D eigenvalue weighted by atomic mass is 79.9. The predicted molar refractivity (Wildman–Crippen MR) is 178 cm³/mol. The number of thioether (sulfide) groups is 1. The van der Waals surface area contributed by atoms with Gasteiger partial charge in [-0.05, 0) is 71.3 Å². The minimum absolute atomic E-state index is 0.0376. The maximum atomic E-state index is 13.4. The fourth-order valence-electron chi connectivity index (χ4n) is 4.21. The Labute approximate surface area is 263 Å². The third-order valence-corrected chi connectivity index (χ3v) is 8.05. The van der Waals surface area contributed by atoms with Gasteiger partial charge in [0.05, 0.1) is 5.75 Å². The van der Waals surface area contributed by atoms with Crippen LogP contribution in [-0.4, -0.2) is 23.4 Å². The highest BCUT2D eigenvalue weighted by Gasteiger charge is 2.15. The summed E-state index contributed by atoms with van der Waals surface area (Å²) >= 11 is 4.81. The zero-order chi connectivity index (χ0) is 30.0. The third-order valence-electron chi connectivity index (χ3n) is 6.51. The molecular formula is C36H27BrN2O3S. The first-order chi connectivity index (χ1) is 20.9. The van der Waals surface area contributed by atoms with E-state index in [2.05, 4.69) is 26.6 Å². The summed E-state index contributed by atoms with van der Waals surface area (Å²) in [7, 11) is 0. The van der Waals surface area contributed by atoms with Crippen LogP contribution in [0.1, 0.15) is 26.3 Å². The van der Waals surface area contributed by atoms with E-state index in [4.69, 9.17) is 0 Å². The Morgan fingerprint density at radius 3 is 1.91 bits per heavy atom. The van der Waals surface area contributed by atoms with Gasteiger partial charge in [-0.15, -0.1) is 11.8 Å². The highest BCUT2D eigenvalue weighted by Crippen LogP contribution is 2.23. The number of hydrogen-bond donors (Lipinski definition) is 2. The molecule has 5 aromatic carbocycles. The summed E-state index contributed by atoms with van der Waals surface area (Å²) < 4.78 is 0.924. The van der Waals surface area contributed by atoms with Crippen molar-refractivity contribution in [3.63, 3.8) is 0 Å². The van der Waals surface area contributed by atoms with Gasteiger partial charge >= 0.3 is 0 Å². The number of rotatable bonds is 10. The molecule has 0 unspecified atom stereocenters. The van der Waals surface area contributed by atoms with Gasteiger partial charge in [0.15, 0.2) is 5.78 Å². The minimum atomic E-state index is -0.456. The van der Waals surface area contributed by atoms with Crippen molar-refractivity contribution in [2.45, 2.75) is 4.90 Å². The number of carbonyl (C=O) groups excluding carboxylic acids is 3. The molecule has 7 heteroatoms. The van der Waals surface area contributed by atoms with Crippen LogP contribution in [0.4, 0.5) is 5.69 Å². The number of ketones is 1. The second-order valence-electron chi connectivity index (χ2n) is 9.56. The predicted octanol–water partition coefficient (Wildman–Crippen LogP) is 8.50. The summed E-state index contributed by atoms with van der Waals surface area (Å²) in [6.45, 7) is 0. The second kappa shape index (κ2) is 14.4. The monoisotopic (exact) mass is 646 g/mol. The Balaban J connectivity index is 1.29. The lowest BCUT2D eigenvalue weighted by Gasteiger charge is -2.12. The topological polar surface area (TPSA) is 75.3 Å². The van der Waals surface area contributed by atoms with Gasteiger partial charge in [-0.2, -0.15) is 0 Å². The van der Waals surface area contributed by atoms with Crippen LogP contribution in [0.25, 0.3) is 17.2 Å². The van der Waals surface area contributed by atoms with Gasteiger partial charge in [0.1, 0.15) is 5.70 Å². The summed E-state index contributed by atoms with van der Waals surface area (Å²) in [5, 5.41) is 5.65. The molecule has 2 N–H and O–H groups in total. The van der Waals surface area contributed by atoms with Crippen molar-refractivity contribution < 1.29 is 14.4 Å². The molecule has 0 aliphatic carbocycles. The molecule has 0 radical (unpaired) electrons. The van der Waals surface area contributed by atoms with Crippen molar-refractivity contribution in [1.29, 1.82) is 0 Å². The Morgan fingerprint density at radius 2 is 1.26 bits per heavy atom. The molecule has 0 aromatic heterocycles. The van der Waals surface area contributed by atoms with Gasteiger partial charge in [0.2, 0.25) is 0 Å². The molecule has 5 rings (SSSR count). The van der Waals surface area contributed by atoms with Crippen LogP contribution in [0, 0.1) is 0 Å². The maximum absolute atomic E-state index is 13.4. The van der Waals surface area contributed by atoms with E-state index in [1.807, 2.05) is 84.9 Å². The zero-order valence-corrected chi connectivity index (χ0v) is 25.4. The average molecular weight is 648 g/mol. The van der Waals surface area contributed by atoms with E-state index in [1.54, 1.807) is 54.6 Å². The molecule has 0 fully saturated rings. The van der Waals surface area contributed by atoms with Gasteiger partial charge in [0, 0.05) is 26.2 Å². The number of halogens is 1. The number of anilines is 1. The number of hydrogen-bond acceptors (Lipinski definition) is 4. The van der Waals surface area contributed by atoms with E-state index >= 15 is 0 Å². The van der Waals surface area contributed by atoms with Crippen molar-refractivity contribution in [3.05, 3.63) is 160 Å². The third kappa shape index (κ3) is 8.41. The molecule has 5 nitrogen and oxygen atoms in total. The van der Waals surface area contributed by atoms with E-state index in [9.17, 15) is 14.4 Å². The second-order valence-corrected chi connectivity index (χ2v) is 11.5. The minimum Gasteiger partial charge on any atom is -0.321 e. The first-order valence-electron chi connectivity index (χ1n) is 13.5. The Morgan fingerprint density at radius 1 is 0.651 bits per heavy atom. The molecular weight excluding hydrogens is 620 g/mol. The van der Waals surface area contributed by atoms with E-state index in [0.717, 1.165) is 26.1 Å². The molecule has 43 heavy (non-hydrogen) atoms. The van der Waals surface area contributed by atoms with Crippen LogP contribution >= 0.6 is 27.7 Å². The first kappa shape index (κ1) is 29.8. The summed E-state index contributed by atoms with van der Waals surface area (Å²) in [6, 6.07) is 41.1. The Bertz CT molecular complexity index is 1740. The molecule has 0 aliphatic rings. The largest absolute Gasteiger partial charge is 0.321 e. The van der Waals surface area contributed by atoms with Crippen molar-refractivity contribution in [2.24, 2.45) is 0 Å². The lowest BCUT2D eigenvalue weighted by molar-refractivity contribution is -0.113. The van der Waals surface area contributed by atoms with E-state index in [1.165, 1.54) is 11.8 Å². The fraction of sp³-hybridized carbons (Fsp3) is 0.0278. The van der Waals surface area contributed by atoms with Crippen LogP contribution in [0.2, 0.25) is 0 Å². The number of benzene rings is 5. The van der Waals surface area contributed by atoms with Crippen LogP contribution < -0.4 is 10.6 Å². The highest BCUT2D eigenvalue weighted by molar-refractivity contribution is 9.10. The molecule has 0 bridgehead atoms. The van der Waals surface area contributed by atoms with Crippen molar-refractivity contribution >= 4 is 57.1 Å². The molecule has 0 atom stereocenters. The van der Waals surface area contributed by atoms with Gasteiger partial charge in [-0.3, -0.25) is 14.4 Å². The SMILES string of the molecule is O=C(Nc1ccc(SCC(=O)c2ccc(Br)cc2)cc1)/C(=C/c1ccc(-c2ccccc2)cc1)NC(=O)c1ccccc1. The Hall–Kier alpha value is -4.72. The van der Waals surface area contributed by atoms with Crippen LogP contribution in [0.5, 0.6) is 0 Å². The van der Waals surface area contributed by atoms with Crippen LogP contribution in [-0.2, 0) is 4.79 Å². The lowest BCUT2D eigenvalue weighted by Crippen LogP contribution is -2.30.